The van der Waals surface area contributed by atoms with E-state index in [0.717, 1.165) is 17.1 Å². The van der Waals surface area contributed by atoms with Gasteiger partial charge in [0, 0.05) is 32.3 Å². The molecule has 0 amide bonds. The van der Waals surface area contributed by atoms with Gasteiger partial charge in [-0.1, -0.05) is 171 Å². The Labute approximate surface area is 332 Å². The van der Waals surface area contributed by atoms with Crippen molar-refractivity contribution in [2.75, 3.05) is 4.90 Å². The standard InChI is InChI=1S/C54H39NS/c1-53(2)45-22-10-11-23-46(45)54(48-24-12-14-26-51(48)56-52-27-15-13-25-49(52)54)47-33-32-40(35-50(47)53)55(38-17-4-3-5-18-38)39-30-28-36(29-31-39)44-34-37-16-6-7-19-41(37)42-20-8-9-21-43(42)44/h3-35H,1-2H3. The predicted molar refractivity (Wildman–Crippen MR) is 236 cm³/mol. The van der Waals surface area contributed by atoms with Gasteiger partial charge in [-0.2, -0.15) is 0 Å². The van der Waals surface area contributed by atoms with Gasteiger partial charge in [-0.25, -0.2) is 0 Å². The maximum atomic E-state index is 2.48. The van der Waals surface area contributed by atoms with Gasteiger partial charge in [0.15, 0.2) is 0 Å². The van der Waals surface area contributed by atoms with E-state index in [2.05, 4.69) is 219 Å². The zero-order chi connectivity index (χ0) is 37.4. The molecule has 0 saturated heterocycles. The van der Waals surface area contributed by atoms with E-state index in [1.807, 2.05) is 11.8 Å². The fourth-order valence-electron chi connectivity index (χ4n) is 9.84. The number of rotatable bonds is 4. The first-order chi connectivity index (χ1) is 27.5. The molecule has 2 aliphatic rings. The predicted octanol–water partition coefficient (Wildman–Crippen LogP) is 14.6. The lowest BCUT2D eigenvalue weighted by atomic mass is 9.54. The zero-order valence-electron chi connectivity index (χ0n) is 31.4. The van der Waals surface area contributed by atoms with Crippen molar-refractivity contribution in [3.63, 3.8) is 0 Å². The second-order valence-electron chi connectivity index (χ2n) is 15.7. The average molecular weight is 734 g/mol. The van der Waals surface area contributed by atoms with Crippen LogP contribution in [0.3, 0.4) is 0 Å². The Morgan fingerprint density at radius 1 is 0.375 bits per heavy atom. The van der Waals surface area contributed by atoms with E-state index in [0.29, 0.717) is 0 Å². The first-order valence-electron chi connectivity index (χ1n) is 19.5. The number of fused-ring (bicyclic) bond motifs is 11. The van der Waals surface area contributed by atoms with Gasteiger partial charge in [0.25, 0.3) is 0 Å². The van der Waals surface area contributed by atoms with Crippen LogP contribution in [0.1, 0.15) is 47.2 Å². The third kappa shape index (κ3) is 4.76. The van der Waals surface area contributed by atoms with Crippen molar-refractivity contribution in [3.8, 4) is 11.1 Å². The molecule has 0 radical (unpaired) electrons. The van der Waals surface area contributed by atoms with Crippen molar-refractivity contribution in [2.24, 2.45) is 0 Å². The van der Waals surface area contributed by atoms with E-state index in [1.165, 1.54) is 75.8 Å². The van der Waals surface area contributed by atoms with Gasteiger partial charge >= 0.3 is 0 Å². The molecule has 1 heterocycles. The number of benzene rings is 9. The second kappa shape index (κ2) is 12.6. The van der Waals surface area contributed by atoms with E-state index >= 15 is 0 Å². The summed E-state index contributed by atoms with van der Waals surface area (Å²) in [6.07, 6.45) is 0. The second-order valence-corrected chi connectivity index (χ2v) is 16.7. The van der Waals surface area contributed by atoms with Crippen molar-refractivity contribution < 1.29 is 0 Å². The molecule has 266 valence electrons. The van der Waals surface area contributed by atoms with Crippen LogP contribution in [0, 0.1) is 0 Å². The molecule has 0 atom stereocenters. The van der Waals surface area contributed by atoms with Crippen molar-refractivity contribution in [1.29, 1.82) is 0 Å². The summed E-state index contributed by atoms with van der Waals surface area (Å²) in [4.78, 5) is 5.06. The Bertz CT molecular complexity index is 2930. The van der Waals surface area contributed by atoms with Crippen molar-refractivity contribution in [1.82, 2.24) is 0 Å². The van der Waals surface area contributed by atoms with E-state index in [4.69, 9.17) is 0 Å². The van der Waals surface area contributed by atoms with Crippen molar-refractivity contribution in [2.45, 2.75) is 34.5 Å². The molecule has 1 aliphatic heterocycles. The fraction of sp³-hybridized carbons (Fsp3) is 0.0741. The van der Waals surface area contributed by atoms with E-state index in [-0.39, 0.29) is 5.41 Å². The molecule has 1 aliphatic carbocycles. The molecule has 0 bridgehead atoms. The third-order valence-corrected chi connectivity index (χ3v) is 13.5. The van der Waals surface area contributed by atoms with Crippen LogP contribution in [0.25, 0.3) is 32.7 Å². The summed E-state index contributed by atoms with van der Waals surface area (Å²) in [7, 11) is 0. The number of hydrogen-bond acceptors (Lipinski definition) is 2. The van der Waals surface area contributed by atoms with Crippen molar-refractivity contribution in [3.05, 3.63) is 234 Å². The summed E-state index contributed by atoms with van der Waals surface area (Å²) in [6.45, 7) is 4.82. The molecule has 0 unspecified atom stereocenters. The molecule has 9 aromatic carbocycles. The highest BCUT2D eigenvalue weighted by Crippen LogP contribution is 2.62. The maximum absolute atomic E-state index is 2.48. The van der Waals surface area contributed by atoms with Gasteiger partial charge < -0.3 is 4.90 Å². The summed E-state index contributed by atoms with van der Waals surface area (Å²) in [5.41, 5.74) is 13.4. The zero-order valence-corrected chi connectivity index (χ0v) is 32.2. The number of hydrogen-bond donors (Lipinski definition) is 0. The SMILES string of the molecule is CC1(C)c2ccccc2C2(c3ccccc3Sc3ccccc32)c2ccc(N(c3ccccc3)c3ccc(-c4cc5ccccc5c5ccccc45)cc3)cc21. The van der Waals surface area contributed by atoms with Crippen LogP contribution >= 0.6 is 11.8 Å². The third-order valence-electron chi connectivity index (χ3n) is 12.4. The highest BCUT2D eigenvalue weighted by atomic mass is 32.2. The Morgan fingerprint density at radius 2 is 0.893 bits per heavy atom. The molecular formula is C54H39NS. The molecule has 1 nitrogen and oxygen atoms in total. The summed E-state index contributed by atoms with van der Waals surface area (Å²) >= 11 is 1.89. The highest BCUT2D eigenvalue weighted by Gasteiger charge is 2.52. The van der Waals surface area contributed by atoms with Crippen molar-refractivity contribution >= 4 is 50.4 Å². The first kappa shape index (κ1) is 33.0. The topological polar surface area (TPSA) is 3.24 Å². The average Bonchev–Trinajstić information content (AvgIpc) is 3.26. The normalized spacial score (nSPS) is 14.5. The minimum absolute atomic E-state index is 0.245. The minimum Gasteiger partial charge on any atom is -0.310 e. The smallest absolute Gasteiger partial charge is 0.0729 e. The number of anilines is 3. The molecule has 0 aromatic heterocycles. The Hall–Kier alpha value is -6.35. The number of nitrogens with zero attached hydrogens (tertiary/aromatic N) is 1. The van der Waals surface area contributed by atoms with Crippen LogP contribution in [0.4, 0.5) is 17.1 Å². The maximum Gasteiger partial charge on any atom is 0.0729 e. The Kier molecular flexibility index (Phi) is 7.43. The van der Waals surface area contributed by atoms with Crippen LogP contribution < -0.4 is 4.90 Å². The van der Waals surface area contributed by atoms with Gasteiger partial charge in [0.1, 0.15) is 0 Å². The van der Waals surface area contributed by atoms with E-state index < -0.39 is 5.41 Å². The van der Waals surface area contributed by atoms with Gasteiger partial charge in [-0.05, 0) is 121 Å². The van der Waals surface area contributed by atoms with E-state index in [9.17, 15) is 0 Å². The fourth-order valence-corrected chi connectivity index (χ4v) is 11.0. The lowest BCUT2D eigenvalue weighted by molar-refractivity contribution is 0.549. The van der Waals surface area contributed by atoms with Crippen LogP contribution in [0.2, 0.25) is 0 Å². The summed E-state index contributed by atoms with van der Waals surface area (Å²) in [5.74, 6) is 0. The van der Waals surface area contributed by atoms with Crippen LogP contribution in [-0.4, -0.2) is 0 Å². The lowest BCUT2D eigenvalue weighted by Crippen LogP contribution is -2.43. The minimum atomic E-state index is -0.444. The molecule has 11 rings (SSSR count). The highest BCUT2D eigenvalue weighted by molar-refractivity contribution is 7.99. The monoisotopic (exact) mass is 733 g/mol. The quantitative estimate of drug-likeness (QED) is 0.166. The first-order valence-corrected chi connectivity index (χ1v) is 20.3. The molecule has 0 N–H and O–H groups in total. The molecule has 0 fully saturated rings. The molecule has 1 spiro atoms. The Balaban J connectivity index is 1.11. The Morgan fingerprint density at radius 3 is 1.61 bits per heavy atom. The lowest BCUT2D eigenvalue weighted by Gasteiger charge is -2.50. The van der Waals surface area contributed by atoms with Crippen LogP contribution in [0.5, 0.6) is 0 Å². The van der Waals surface area contributed by atoms with Gasteiger partial charge in [-0.15, -0.1) is 0 Å². The molecule has 56 heavy (non-hydrogen) atoms. The summed E-state index contributed by atoms with van der Waals surface area (Å²) < 4.78 is 0. The largest absolute Gasteiger partial charge is 0.310 e. The molecule has 2 heteroatoms. The van der Waals surface area contributed by atoms with Gasteiger partial charge in [-0.3, -0.25) is 0 Å². The molecule has 9 aromatic rings. The van der Waals surface area contributed by atoms with Crippen LogP contribution in [0.15, 0.2) is 210 Å². The summed E-state index contributed by atoms with van der Waals surface area (Å²) in [6, 6.07) is 74.4. The summed E-state index contributed by atoms with van der Waals surface area (Å²) in [5, 5.41) is 5.11. The van der Waals surface area contributed by atoms with E-state index in [1.54, 1.807) is 0 Å². The molecular weight excluding hydrogens is 695 g/mol. The van der Waals surface area contributed by atoms with Crippen LogP contribution in [-0.2, 0) is 10.8 Å². The van der Waals surface area contributed by atoms with Gasteiger partial charge in [0.2, 0.25) is 0 Å². The van der Waals surface area contributed by atoms with Gasteiger partial charge in [0.05, 0.1) is 5.41 Å². The molecule has 0 saturated carbocycles. The number of para-hydroxylation sites is 1.